The van der Waals surface area contributed by atoms with E-state index >= 15 is 0 Å². The summed E-state index contributed by atoms with van der Waals surface area (Å²) in [7, 11) is 1.71. The quantitative estimate of drug-likeness (QED) is 0.637. The van der Waals surface area contributed by atoms with Crippen LogP contribution in [-0.4, -0.2) is 52.2 Å². The molecule has 1 N–H and O–H groups in total. The van der Waals surface area contributed by atoms with Crippen molar-refractivity contribution in [2.45, 2.75) is 38.3 Å². The monoisotopic (exact) mass is 231 g/mol. The molecule has 1 heterocycles. The van der Waals surface area contributed by atoms with Crippen LogP contribution < -0.4 is 5.32 Å². The lowest BCUT2D eigenvalue weighted by molar-refractivity contribution is -0.0104. The highest BCUT2D eigenvalue weighted by atomic mass is 16.5. The van der Waals surface area contributed by atoms with Crippen molar-refractivity contribution in [3.8, 4) is 0 Å². The van der Waals surface area contributed by atoms with Gasteiger partial charge in [0.1, 0.15) is 0 Å². The van der Waals surface area contributed by atoms with Crippen LogP contribution in [-0.2, 0) is 14.2 Å². The molecule has 4 nitrogen and oxygen atoms in total. The third-order valence-electron chi connectivity index (χ3n) is 2.83. The van der Waals surface area contributed by atoms with Crippen LogP contribution in [0.3, 0.4) is 0 Å². The predicted molar refractivity (Wildman–Crippen MR) is 63.8 cm³/mol. The van der Waals surface area contributed by atoms with Crippen LogP contribution in [0.1, 0.15) is 26.2 Å². The van der Waals surface area contributed by atoms with Crippen LogP contribution in [0.5, 0.6) is 0 Å². The Bertz CT molecular complexity index is 158. The summed E-state index contributed by atoms with van der Waals surface area (Å²) >= 11 is 0. The van der Waals surface area contributed by atoms with Crippen molar-refractivity contribution in [3.63, 3.8) is 0 Å². The Morgan fingerprint density at radius 2 is 2.00 bits per heavy atom. The first-order valence-electron chi connectivity index (χ1n) is 6.24. The van der Waals surface area contributed by atoms with Crippen molar-refractivity contribution in [1.29, 1.82) is 0 Å². The van der Waals surface area contributed by atoms with Crippen LogP contribution in [0.15, 0.2) is 0 Å². The van der Waals surface area contributed by atoms with Crippen molar-refractivity contribution in [2.24, 2.45) is 0 Å². The Morgan fingerprint density at radius 1 is 1.12 bits per heavy atom. The Morgan fingerprint density at radius 3 is 2.69 bits per heavy atom. The van der Waals surface area contributed by atoms with Crippen LogP contribution in [0.4, 0.5) is 0 Å². The van der Waals surface area contributed by atoms with Crippen molar-refractivity contribution in [3.05, 3.63) is 0 Å². The fourth-order valence-electron chi connectivity index (χ4n) is 1.80. The van der Waals surface area contributed by atoms with Gasteiger partial charge < -0.3 is 19.5 Å². The van der Waals surface area contributed by atoms with Gasteiger partial charge in [-0.15, -0.1) is 0 Å². The van der Waals surface area contributed by atoms with E-state index in [1.54, 1.807) is 7.11 Å². The summed E-state index contributed by atoms with van der Waals surface area (Å²) in [6, 6.07) is 0.644. The predicted octanol–water partition coefficient (Wildman–Crippen LogP) is 1.20. The summed E-state index contributed by atoms with van der Waals surface area (Å²) < 4.78 is 16.1. The zero-order valence-electron chi connectivity index (χ0n) is 10.5. The molecule has 1 aliphatic rings. The SMILES string of the molecule is COCCCOCCOC1CCC(C)NC1. The Kier molecular flexibility index (Phi) is 7.76. The van der Waals surface area contributed by atoms with Crippen LogP contribution in [0.25, 0.3) is 0 Å². The molecule has 0 amide bonds. The molecule has 0 aromatic heterocycles. The maximum absolute atomic E-state index is 5.72. The van der Waals surface area contributed by atoms with E-state index in [0.717, 1.165) is 32.6 Å². The molecule has 0 radical (unpaired) electrons. The van der Waals surface area contributed by atoms with E-state index in [1.165, 1.54) is 6.42 Å². The standard InChI is InChI=1S/C12H25NO3/c1-11-4-5-12(10-13-11)16-9-8-15-7-3-6-14-2/h11-13H,3-10H2,1-2H3. The maximum atomic E-state index is 5.72. The van der Waals surface area contributed by atoms with Crippen LogP contribution in [0.2, 0.25) is 0 Å². The number of ether oxygens (including phenoxy) is 3. The molecule has 96 valence electrons. The van der Waals surface area contributed by atoms with E-state index in [4.69, 9.17) is 14.2 Å². The minimum Gasteiger partial charge on any atom is -0.385 e. The summed E-state index contributed by atoms with van der Waals surface area (Å²) in [5, 5.41) is 3.42. The fraction of sp³-hybridized carbons (Fsp3) is 1.00. The number of methoxy groups -OCH3 is 1. The zero-order chi connectivity index (χ0) is 11.6. The van der Waals surface area contributed by atoms with Gasteiger partial charge in [0.15, 0.2) is 0 Å². The van der Waals surface area contributed by atoms with E-state index in [1.807, 2.05) is 0 Å². The van der Waals surface area contributed by atoms with Gasteiger partial charge in [-0.05, 0) is 26.2 Å². The van der Waals surface area contributed by atoms with Gasteiger partial charge in [0.05, 0.1) is 19.3 Å². The highest BCUT2D eigenvalue weighted by Gasteiger charge is 2.17. The molecular formula is C12H25NO3. The molecule has 2 atom stereocenters. The Labute approximate surface area is 98.6 Å². The van der Waals surface area contributed by atoms with E-state index in [0.29, 0.717) is 25.4 Å². The molecule has 1 saturated heterocycles. The largest absolute Gasteiger partial charge is 0.385 e. The molecule has 0 bridgehead atoms. The lowest BCUT2D eigenvalue weighted by Gasteiger charge is -2.27. The molecule has 16 heavy (non-hydrogen) atoms. The summed E-state index contributed by atoms with van der Waals surface area (Å²) in [5.41, 5.74) is 0. The van der Waals surface area contributed by atoms with Crippen molar-refractivity contribution in [2.75, 3.05) is 40.1 Å². The number of rotatable bonds is 8. The number of hydrogen-bond acceptors (Lipinski definition) is 4. The van der Waals surface area contributed by atoms with Gasteiger partial charge in [0, 0.05) is 32.9 Å². The van der Waals surface area contributed by atoms with E-state index in [-0.39, 0.29) is 0 Å². The molecule has 0 aromatic rings. The van der Waals surface area contributed by atoms with Gasteiger partial charge >= 0.3 is 0 Å². The van der Waals surface area contributed by atoms with Gasteiger partial charge in [-0.3, -0.25) is 0 Å². The number of piperidine rings is 1. The maximum Gasteiger partial charge on any atom is 0.0704 e. The summed E-state index contributed by atoms with van der Waals surface area (Å²) in [4.78, 5) is 0. The summed E-state index contributed by atoms with van der Waals surface area (Å²) in [6.45, 7) is 6.12. The first kappa shape index (κ1) is 13.9. The molecular weight excluding hydrogens is 206 g/mol. The normalized spacial score (nSPS) is 25.9. The Hall–Kier alpha value is -0.160. The third-order valence-corrected chi connectivity index (χ3v) is 2.83. The van der Waals surface area contributed by atoms with Crippen LogP contribution in [0, 0.1) is 0 Å². The molecule has 4 heteroatoms. The third kappa shape index (κ3) is 6.43. The summed E-state index contributed by atoms with van der Waals surface area (Å²) in [6.07, 6.45) is 3.70. The summed E-state index contributed by atoms with van der Waals surface area (Å²) in [5.74, 6) is 0. The van der Waals surface area contributed by atoms with Crippen molar-refractivity contribution >= 4 is 0 Å². The first-order valence-corrected chi connectivity index (χ1v) is 6.24. The second kappa shape index (κ2) is 8.93. The van der Waals surface area contributed by atoms with E-state index in [2.05, 4.69) is 12.2 Å². The second-order valence-electron chi connectivity index (χ2n) is 4.34. The molecule has 2 unspecified atom stereocenters. The molecule has 1 rings (SSSR count). The first-order chi connectivity index (χ1) is 7.83. The number of nitrogens with one attached hydrogen (secondary N) is 1. The molecule has 0 aliphatic carbocycles. The van der Waals surface area contributed by atoms with Gasteiger partial charge in [0.2, 0.25) is 0 Å². The second-order valence-corrected chi connectivity index (χ2v) is 4.34. The topological polar surface area (TPSA) is 39.7 Å². The zero-order valence-corrected chi connectivity index (χ0v) is 10.5. The lowest BCUT2D eigenvalue weighted by atomic mass is 10.0. The van der Waals surface area contributed by atoms with Crippen molar-refractivity contribution < 1.29 is 14.2 Å². The Balaban J connectivity index is 1.84. The molecule has 1 fully saturated rings. The lowest BCUT2D eigenvalue weighted by Crippen LogP contribution is -2.41. The molecule has 0 spiro atoms. The molecule has 0 aromatic carbocycles. The van der Waals surface area contributed by atoms with E-state index in [9.17, 15) is 0 Å². The van der Waals surface area contributed by atoms with Crippen molar-refractivity contribution in [1.82, 2.24) is 5.32 Å². The van der Waals surface area contributed by atoms with Gasteiger partial charge in [-0.25, -0.2) is 0 Å². The smallest absolute Gasteiger partial charge is 0.0704 e. The molecule has 1 aliphatic heterocycles. The minimum absolute atomic E-state index is 0.374. The van der Waals surface area contributed by atoms with Gasteiger partial charge in [-0.1, -0.05) is 0 Å². The average Bonchev–Trinajstić information content (AvgIpc) is 2.30. The van der Waals surface area contributed by atoms with Gasteiger partial charge in [-0.2, -0.15) is 0 Å². The van der Waals surface area contributed by atoms with E-state index < -0.39 is 0 Å². The average molecular weight is 231 g/mol. The highest BCUT2D eigenvalue weighted by Crippen LogP contribution is 2.10. The van der Waals surface area contributed by atoms with Gasteiger partial charge in [0.25, 0.3) is 0 Å². The molecule has 0 saturated carbocycles. The van der Waals surface area contributed by atoms with Crippen LogP contribution >= 0.6 is 0 Å². The highest BCUT2D eigenvalue weighted by molar-refractivity contribution is 4.74. The fourth-order valence-corrected chi connectivity index (χ4v) is 1.80. The number of hydrogen-bond donors (Lipinski definition) is 1. The minimum atomic E-state index is 0.374.